The number of hydrogen-bond acceptors (Lipinski definition) is 5. The van der Waals surface area contributed by atoms with Crippen molar-refractivity contribution in [2.75, 3.05) is 23.3 Å². The zero-order valence-corrected chi connectivity index (χ0v) is 16.5. The van der Waals surface area contributed by atoms with Gasteiger partial charge >= 0.3 is 6.03 Å². The molecule has 2 N–H and O–H groups in total. The van der Waals surface area contributed by atoms with Crippen LogP contribution in [0.4, 0.5) is 16.3 Å². The van der Waals surface area contributed by atoms with Gasteiger partial charge in [0, 0.05) is 42.9 Å². The van der Waals surface area contributed by atoms with Crippen molar-refractivity contribution in [3.05, 3.63) is 77.7 Å². The SMILES string of the molecule is Cc1cc(C(=O)Nc2ncccc2OCc2ccncc2)ccc1N1CCNC1=O. The van der Waals surface area contributed by atoms with Gasteiger partial charge in [0.05, 0.1) is 0 Å². The molecule has 8 nitrogen and oxygen atoms in total. The highest BCUT2D eigenvalue weighted by atomic mass is 16.5. The molecule has 152 valence electrons. The van der Waals surface area contributed by atoms with E-state index in [0.29, 0.717) is 36.8 Å². The van der Waals surface area contributed by atoms with Gasteiger partial charge in [-0.1, -0.05) is 0 Å². The Labute approximate surface area is 173 Å². The van der Waals surface area contributed by atoms with Crippen LogP contribution in [0.1, 0.15) is 21.5 Å². The number of aryl methyl sites for hydroxylation is 1. The number of ether oxygens (including phenoxy) is 1. The molecule has 1 aliphatic heterocycles. The third kappa shape index (κ3) is 4.22. The number of nitrogens with zero attached hydrogens (tertiary/aromatic N) is 3. The van der Waals surface area contributed by atoms with E-state index >= 15 is 0 Å². The summed E-state index contributed by atoms with van der Waals surface area (Å²) >= 11 is 0. The van der Waals surface area contributed by atoms with Crippen LogP contribution in [-0.2, 0) is 6.61 Å². The van der Waals surface area contributed by atoms with E-state index in [9.17, 15) is 9.59 Å². The van der Waals surface area contributed by atoms with E-state index in [2.05, 4.69) is 20.6 Å². The number of carbonyl (C=O) groups is 2. The van der Waals surface area contributed by atoms with Crippen LogP contribution in [0.15, 0.2) is 61.1 Å². The number of urea groups is 1. The van der Waals surface area contributed by atoms with Gasteiger partial charge in [0.1, 0.15) is 6.61 Å². The van der Waals surface area contributed by atoms with Crippen LogP contribution in [0.3, 0.4) is 0 Å². The predicted octanol–water partition coefficient (Wildman–Crippen LogP) is 3.15. The van der Waals surface area contributed by atoms with Gasteiger partial charge in [0.15, 0.2) is 11.6 Å². The molecule has 30 heavy (non-hydrogen) atoms. The number of rotatable bonds is 6. The molecule has 1 fully saturated rings. The van der Waals surface area contributed by atoms with Crippen LogP contribution >= 0.6 is 0 Å². The Morgan fingerprint density at radius 2 is 2.03 bits per heavy atom. The minimum absolute atomic E-state index is 0.125. The summed E-state index contributed by atoms with van der Waals surface area (Å²) in [4.78, 5) is 34.6. The lowest BCUT2D eigenvalue weighted by atomic mass is 10.1. The highest BCUT2D eigenvalue weighted by molar-refractivity contribution is 6.05. The van der Waals surface area contributed by atoms with Gasteiger partial charge in [0.2, 0.25) is 0 Å². The van der Waals surface area contributed by atoms with E-state index in [1.54, 1.807) is 53.8 Å². The smallest absolute Gasteiger partial charge is 0.322 e. The number of anilines is 2. The van der Waals surface area contributed by atoms with Crippen LogP contribution in [0.25, 0.3) is 0 Å². The van der Waals surface area contributed by atoms with E-state index in [1.165, 1.54) is 0 Å². The van der Waals surface area contributed by atoms with Crippen molar-refractivity contribution in [2.24, 2.45) is 0 Å². The van der Waals surface area contributed by atoms with Gasteiger partial charge in [-0.25, -0.2) is 9.78 Å². The fraction of sp³-hybridized carbons (Fsp3) is 0.182. The fourth-order valence-electron chi connectivity index (χ4n) is 3.22. The van der Waals surface area contributed by atoms with Crippen molar-refractivity contribution in [3.8, 4) is 5.75 Å². The van der Waals surface area contributed by atoms with E-state index in [4.69, 9.17) is 4.74 Å². The Morgan fingerprint density at radius 1 is 1.20 bits per heavy atom. The number of amides is 3. The third-order valence-corrected chi connectivity index (χ3v) is 4.75. The molecule has 0 radical (unpaired) electrons. The molecule has 1 aliphatic rings. The summed E-state index contributed by atoms with van der Waals surface area (Å²) in [5.74, 6) is 0.518. The second kappa shape index (κ2) is 8.60. The molecule has 0 atom stereocenters. The average molecular weight is 403 g/mol. The highest BCUT2D eigenvalue weighted by Crippen LogP contribution is 2.25. The molecular formula is C22H21N5O3. The molecule has 2 aromatic heterocycles. The number of benzene rings is 1. The zero-order valence-electron chi connectivity index (χ0n) is 16.5. The van der Waals surface area contributed by atoms with E-state index < -0.39 is 0 Å². The lowest BCUT2D eigenvalue weighted by molar-refractivity contribution is 0.102. The van der Waals surface area contributed by atoms with Crippen molar-refractivity contribution in [3.63, 3.8) is 0 Å². The van der Waals surface area contributed by atoms with Crippen molar-refractivity contribution in [1.29, 1.82) is 0 Å². The fourth-order valence-corrected chi connectivity index (χ4v) is 3.22. The minimum Gasteiger partial charge on any atom is -0.485 e. The Morgan fingerprint density at radius 3 is 2.77 bits per heavy atom. The van der Waals surface area contributed by atoms with Crippen molar-refractivity contribution in [1.82, 2.24) is 15.3 Å². The first-order chi connectivity index (χ1) is 14.6. The maximum absolute atomic E-state index is 12.8. The summed E-state index contributed by atoms with van der Waals surface area (Å²) in [5.41, 5.74) is 3.07. The van der Waals surface area contributed by atoms with Crippen LogP contribution in [0, 0.1) is 6.92 Å². The third-order valence-electron chi connectivity index (χ3n) is 4.75. The van der Waals surface area contributed by atoms with Gasteiger partial charge in [-0.05, 0) is 60.5 Å². The lowest BCUT2D eigenvalue weighted by Gasteiger charge is -2.18. The monoisotopic (exact) mass is 403 g/mol. The largest absolute Gasteiger partial charge is 0.485 e. The first-order valence-corrected chi connectivity index (χ1v) is 9.56. The summed E-state index contributed by atoms with van der Waals surface area (Å²) in [6.07, 6.45) is 4.99. The summed E-state index contributed by atoms with van der Waals surface area (Å²) < 4.78 is 5.83. The molecular weight excluding hydrogens is 382 g/mol. The topological polar surface area (TPSA) is 96.4 Å². The Hall–Kier alpha value is -3.94. The molecule has 1 saturated heterocycles. The van der Waals surface area contributed by atoms with E-state index in [1.807, 2.05) is 19.1 Å². The van der Waals surface area contributed by atoms with Crippen molar-refractivity contribution < 1.29 is 14.3 Å². The molecule has 0 aliphatic carbocycles. The Kier molecular flexibility index (Phi) is 5.56. The number of carbonyl (C=O) groups excluding carboxylic acids is 2. The molecule has 8 heteroatoms. The van der Waals surface area contributed by atoms with Crippen LogP contribution in [0.5, 0.6) is 5.75 Å². The van der Waals surface area contributed by atoms with Crippen LogP contribution < -0.4 is 20.3 Å². The summed E-state index contributed by atoms with van der Waals surface area (Å²) in [6, 6.07) is 12.3. The molecule has 3 amide bonds. The van der Waals surface area contributed by atoms with Gasteiger partial charge in [-0.15, -0.1) is 0 Å². The normalized spacial score (nSPS) is 13.1. The Balaban J connectivity index is 1.47. The second-order valence-electron chi connectivity index (χ2n) is 6.83. The molecule has 4 rings (SSSR count). The van der Waals surface area contributed by atoms with Crippen molar-refractivity contribution >= 4 is 23.4 Å². The van der Waals surface area contributed by atoms with E-state index in [-0.39, 0.29) is 11.9 Å². The first-order valence-electron chi connectivity index (χ1n) is 9.56. The molecule has 3 heterocycles. The van der Waals surface area contributed by atoms with E-state index in [0.717, 1.165) is 16.8 Å². The highest BCUT2D eigenvalue weighted by Gasteiger charge is 2.23. The zero-order chi connectivity index (χ0) is 20.9. The molecule has 1 aromatic carbocycles. The van der Waals surface area contributed by atoms with Crippen molar-refractivity contribution in [2.45, 2.75) is 13.5 Å². The van der Waals surface area contributed by atoms with Gasteiger partial charge in [-0.2, -0.15) is 0 Å². The quantitative estimate of drug-likeness (QED) is 0.659. The molecule has 0 saturated carbocycles. The lowest BCUT2D eigenvalue weighted by Crippen LogP contribution is -2.28. The van der Waals surface area contributed by atoms with Crippen LogP contribution in [0.2, 0.25) is 0 Å². The van der Waals surface area contributed by atoms with Gasteiger partial charge in [0.25, 0.3) is 5.91 Å². The minimum atomic E-state index is -0.303. The first kappa shape index (κ1) is 19.4. The summed E-state index contributed by atoms with van der Waals surface area (Å²) in [6.45, 7) is 3.43. The number of nitrogens with one attached hydrogen (secondary N) is 2. The summed E-state index contributed by atoms with van der Waals surface area (Å²) in [7, 11) is 0. The second-order valence-corrected chi connectivity index (χ2v) is 6.83. The maximum Gasteiger partial charge on any atom is 0.322 e. The summed E-state index contributed by atoms with van der Waals surface area (Å²) in [5, 5.41) is 5.59. The molecule has 0 unspecified atom stereocenters. The predicted molar refractivity (Wildman–Crippen MR) is 113 cm³/mol. The number of hydrogen-bond donors (Lipinski definition) is 2. The van der Waals surface area contributed by atoms with Gasteiger partial charge in [-0.3, -0.25) is 14.7 Å². The van der Waals surface area contributed by atoms with Gasteiger partial charge < -0.3 is 15.4 Å². The number of aromatic nitrogens is 2. The Bertz CT molecular complexity index is 1070. The molecule has 0 bridgehead atoms. The molecule has 3 aromatic rings. The number of pyridine rings is 2. The maximum atomic E-state index is 12.8. The standard InChI is InChI=1S/C22H21N5O3/c1-15-13-17(4-5-18(15)27-12-11-25-22(27)29)21(28)26-20-19(3-2-8-24-20)30-14-16-6-9-23-10-7-16/h2-10,13H,11-12,14H2,1H3,(H,25,29)(H,24,26,28). The average Bonchev–Trinajstić information content (AvgIpc) is 3.19. The van der Waals surface area contributed by atoms with Crippen LogP contribution in [-0.4, -0.2) is 35.0 Å². The molecule has 0 spiro atoms.